The summed E-state index contributed by atoms with van der Waals surface area (Å²) in [5.74, 6) is -0.0665. The molecule has 1 aliphatic heterocycles. The minimum atomic E-state index is -0.898. The van der Waals surface area contributed by atoms with Crippen molar-refractivity contribution in [1.82, 2.24) is 0 Å². The second-order valence-corrected chi connectivity index (χ2v) is 7.73. The number of Topliss-reactive ketones (excluding diaryl/α,β-unsaturated/α-hetero) is 1. The van der Waals surface area contributed by atoms with E-state index in [4.69, 9.17) is 4.74 Å². The van der Waals surface area contributed by atoms with Crippen molar-refractivity contribution >= 4 is 18.0 Å². The zero-order chi connectivity index (χ0) is 17.5. The number of fused-ring (bicyclic) bond motifs is 1. The summed E-state index contributed by atoms with van der Waals surface area (Å²) < 4.78 is 4.83. The second kappa shape index (κ2) is 5.83. The summed E-state index contributed by atoms with van der Waals surface area (Å²) in [5.41, 5.74) is 0.676. The number of cyclic esters (lactones) is 1. The summed E-state index contributed by atoms with van der Waals surface area (Å²) in [6, 6.07) is 0. The van der Waals surface area contributed by atoms with E-state index in [1.54, 1.807) is 13.0 Å². The summed E-state index contributed by atoms with van der Waals surface area (Å²) in [5, 5.41) is 0. The number of aldehydes is 1. The first-order valence-corrected chi connectivity index (χ1v) is 8.58. The SMILES string of the molecule is C=C1CCC2[C@@](C)(CCC(=O)[C@@]2(C)C=O)C1CC=C1C=COC1=O. The molecule has 2 fully saturated rings. The van der Waals surface area contributed by atoms with Gasteiger partial charge in [0.2, 0.25) is 0 Å². The maximum absolute atomic E-state index is 12.4. The van der Waals surface area contributed by atoms with Crippen molar-refractivity contribution in [1.29, 1.82) is 0 Å². The van der Waals surface area contributed by atoms with Gasteiger partial charge in [-0.25, -0.2) is 4.79 Å². The minimum Gasteiger partial charge on any atom is -0.431 e. The normalized spacial score (nSPS) is 40.6. The lowest BCUT2D eigenvalue weighted by Gasteiger charge is -2.56. The number of esters is 1. The first-order chi connectivity index (χ1) is 11.3. The fourth-order valence-corrected chi connectivity index (χ4v) is 5.01. The fourth-order valence-electron chi connectivity index (χ4n) is 5.01. The molecule has 3 aliphatic rings. The van der Waals surface area contributed by atoms with E-state index in [-0.39, 0.29) is 29.0 Å². The van der Waals surface area contributed by atoms with Crippen molar-refractivity contribution in [2.45, 2.75) is 46.0 Å². The van der Waals surface area contributed by atoms with E-state index in [1.165, 1.54) is 6.26 Å². The monoisotopic (exact) mass is 328 g/mol. The number of carbonyl (C=O) groups is 3. The Morgan fingerprint density at radius 1 is 1.33 bits per heavy atom. The number of hydrogen-bond acceptors (Lipinski definition) is 4. The summed E-state index contributed by atoms with van der Waals surface area (Å²) in [6.07, 6.45) is 9.38. The van der Waals surface area contributed by atoms with E-state index >= 15 is 0 Å². The van der Waals surface area contributed by atoms with Gasteiger partial charge >= 0.3 is 5.97 Å². The van der Waals surface area contributed by atoms with E-state index < -0.39 is 5.41 Å². The maximum atomic E-state index is 12.4. The fraction of sp³-hybridized carbons (Fsp3) is 0.550. The molecule has 2 saturated carbocycles. The van der Waals surface area contributed by atoms with Crippen molar-refractivity contribution in [3.8, 4) is 0 Å². The lowest BCUT2D eigenvalue weighted by Crippen LogP contribution is -2.55. The van der Waals surface area contributed by atoms with Crippen molar-refractivity contribution in [3.05, 3.63) is 36.1 Å². The van der Waals surface area contributed by atoms with Crippen LogP contribution in [0.4, 0.5) is 0 Å². The number of carbonyl (C=O) groups excluding carboxylic acids is 3. The zero-order valence-corrected chi connectivity index (χ0v) is 14.3. The molecule has 24 heavy (non-hydrogen) atoms. The van der Waals surface area contributed by atoms with Crippen molar-refractivity contribution in [2.75, 3.05) is 0 Å². The Morgan fingerprint density at radius 2 is 2.08 bits per heavy atom. The van der Waals surface area contributed by atoms with Crippen LogP contribution in [0.25, 0.3) is 0 Å². The van der Waals surface area contributed by atoms with E-state index in [9.17, 15) is 14.4 Å². The van der Waals surface area contributed by atoms with Gasteiger partial charge in [-0.15, -0.1) is 0 Å². The smallest absolute Gasteiger partial charge is 0.342 e. The van der Waals surface area contributed by atoms with Crippen LogP contribution in [0, 0.1) is 22.7 Å². The molecule has 1 heterocycles. The molecule has 3 rings (SSSR count). The topological polar surface area (TPSA) is 60.4 Å². The van der Waals surface area contributed by atoms with Crippen LogP contribution < -0.4 is 0 Å². The summed E-state index contributed by atoms with van der Waals surface area (Å²) in [4.78, 5) is 35.8. The average Bonchev–Trinajstić information content (AvgIpc) is 2.96. The van der Waals surface area contributed by atoms with Gasteiger partial charge < -0.3 is 9.53 Å². The van der Waals surface area contributed by atoms with Crippen LogP contribution >= 0.6 is 0 Å². The van der Waals surface area contributed by atoms with Crippen LogP contribution in [0.3, 0.4) is 0 Å². The van der Waals surface area contributed by atoms with E-state index in [0.29, 0.717) is 18.4 Å². The number of hydrogen-bond donors (Lipinski definition) is 0. The van der Waals surface area contributed by atoms with Crippen LogP contribution in [0.2, 0.25) is 0 Å². The maximum Gasteiger partial charge on any atom is 0.342 e. The van der Waals surface area contributed by atoms with Gasteiger partial charge in [-0.1, -0.05) is 25.2 Å². The first kappa shape index (κ1) is 16.9. The molecule has 128 valence electrons. The third-order valence-corrected chi connectivity index (χ3v) is 6.53. The Bertz CT molecular complexity index is 671. The first-order valence-electron chi connectivity index (χ1n) is 8.58. The van der Waals surface area contributed by atoms with Gasteiger partial charge in [0.05, 0.1) is 17.3 Å². The molecule has 0 aromatic rings. The third kappa shape index (κ3) is 2.40. The number of allylic oxidation sites excluding steroid dienone is 2. The Labute approximate surface area is 142 Å². The van der Waals surface area contributed by atoms with E-state index in [0.717, 1.165) is 31.1 Å². The van der Waals surface area contributed by atoms with Gasteiger partial charge in [-0.2, -0.15) is 0 Å². The molecular weight excluding hydrogens is 304 g/mol. The summed E-state index contributed by atoms with van der Waals surface area (Å²) in [6.45, 7) is 8.23. The molecule has 0 N–H and O–H groups in total. The van der Waals surface area contributed by atoms with Gasteiger partial charge in [-0.05, 0) is 55.9 Å². The second-order valence-electron chi connectivity index (χ2n) is 7.73. The number of rotatable bonds is 3. The molecule has 0 spiro atoms. The largest absolute Gasteiger partial charge is 0.431 e. The molecule has 2 unspecified atom stereocenters. The average molecular weight is 328 g/mol. The summed E-state index contributed by atoms with van der Waals surface area (Å²) in [7, 11) is 0. The molecule has 0 aromatic carbocycles. The molecule has 4 heteroatoms. The van der Waals surface area contributed by atoms with Crippen molar-refractivity contribution in [3.63, 3.8) is 0 Å². The van der Waals surface area contributed by atoms with Gasteiger partial charge in [0.1, 0.15) is 12.1 Å². The highest BCUT2D eigenvalue weighted by Crippen LogP contribution is 2.60. The highest BCUT2D eigenvalue weighted by atomic mass is 16.5. The summed E-state index contributed by atoms with van der Waals surface area (Å²) >= 11 is 0. The van der Waals surface area contributed by atoms with Crippen molar-refractivity contribution < 1.29 is 19.1 Å². The molecule has 4 nitrogen and oxygen atoms in total. The Morgan fingerprint density at radius 3 is 2.71 bits per heavy atom. The lowest BCUT2D eigenvalue weighted by atomic mass is 9.46. The highest BCUT2D eigenvalue weighted by Gasteiger charge is 2.57. The quantitative estimate of drug-likeness (QED) is 0.261. The Kier molecular flexibility index (Phi) is 4.10. The van der Waals surface area contributed by atoms with E-state index in [1.807, 2.05) is 6.08 Å². The van der Waals surface area contributed by atoms with Crippen LogP contribution in [0.5, 0.6) is 0 Å². The molecule has 0 radical (unpaired) electrons. The highest BCUT2D eigenvalue weighted by molar-refractivity contribution is 5.99. The standard InChI is InChI=1S/C20H24O4/c1-13-4-7-16-19(2,10-8-17(22)20(16,3)12-21)15(13)6-5-14-9-11-24-18(14)23/h5,9,11-12,15-16H,1,4,6-8,10H2,2-3H3/t15?,16?,19-,20-/m0/s1. The number of ketones is 1. The van der Waals surface area contributed by atoms with Gasteiger partial charge in [-0.3, -0.25) is 4.79 Å². The molecular formula is C20H24O4. The molecule has 0 aromatic heterocycles. The Balaban J connectivity index is 1.92. The minimum absolute atomic E-state index is 0.0312. The molecule has 0 saturated heterocycles. The molecule has 2 aliphatic carbocycles. The predicted octanol–water partition coefficient (Wildman–Crippen LogP) is 3.53. The molecule has 0 amide bonds. The molecule has 4 atom stereocenters. The Hall–Kier alpha value is -1.97. The molecule has 0 bridgehead atoms. The van der Waals surface area contributed by atoms with Gasteiger partial charge in [0, 0.05) is 6.42 Å². The zero-order valence-electron chi connectivity index (χ0n) is 14.3. The van der Waals surface area contributed by atoms with Crippen LogP contribution in [0.1, 0.15) is 46.0 Å². The third-order valence-electron chi connectivity index (χ3n) is 6.53. The number of ether oxygens (including phenoxy) is 1. The van der Waals surface area contributed by atoms with E-state index in [2.05, 4.69) is 13.5 Å². The predicted molar refractivity (Wildman–Crippen MR) is 89.8 cm³/mol. The van der Waals surface area contributed by atoms with Crippen molar-refractivity contribution in [2.24, 2.45) is 22.7 Å². The van der Waals surface area contributed by atoms with Crippen LogP contribution in [-0.2, 0) is 19.1 Å². The van der Waals surface area contributed by atoms with Crippen LogP contribution in [-0.4, -0.2) is 18.0 Å². The van der Waals surface area contributed by atoms with Gasteiger partial charge in [0.15, 0.2) is 0 Å². The van der Waals surface area contributed by atoms with Crippen LogP contribution in [0.15, 0.2) is 36.1 Å². The van der Waals surface area contributed by atoms with Gasteiger partial charge in [0.25, 0.3) is 0 Å². The lowest BCUT2D eigenvalue weighted by molar-refractivity contribution is -0.151.